The van der Waals surface area contributed by atoms with Crippen LogP contribution in [0, 0.1) is 0 Å². The molecule has 0 aromatic heterocycles. The molecule has 1 saturated carbocycles. The Morgan fingerprint density at radius 1 is 1.00 bits per heavy atom. The highest BCUT2D eigenvalue weighted by molar-refractivity contribution is 4.94. The normalized spacial score (nSPS) is 35.5. The predicted molar refractivity (Wildman–Crippen MR) is 83.0 cm³/mol. The minimum atomic E-state index is 0.578. The zero-order valence-electron chi connectivity index (χ0n) is 13.2. The fraction of sp³-hybridized carbons (Fsp3) is 1.00. The van der Waals surface area contributed by atoms with E-state index in [1.165, 1.54) is 64.3 Å². The molecule has 3 rings (SSSR count). The summed E-state index contributed by atoms with van der Waals surface area (Å²) < 4.78 is 6.09. The molecule has 2 atom stereocenters. The SMILES string of the molecule is CCNC1CC2CCCC(C1)N2CCOC1CCCC1. The smallest absolute Gasteiger partial charge is 0.0597 e. The van der Waals surface area contributed by atoms with E-state index >= 15 is 0 Å². The highest BCUT2D eigenvalue weighted by Gasteiger charge is 2.37. The number of nitrogens with zero attached hydrogens (tertiary/aromatic N) is 1. The van der Waals surface area contributed by atoms with Crippen molar-refractivity contribution in [2.45, 2.75) is 88.9 Å². The molecule has 1 N–H and O–H groups in total. The van der Waals surface area contributed by atoms with Crippen molar-refractivity contribution in [2.24, 2.45) is 0 Å². The lowest BCUT2D eigenvalue weighted by molar-refractivity contribution is -0.0170. The maximum absolute atomic E-state index is 6.09. The molecule has 0 radical (unpaired) electrons. The van der Waals surface area contributed by atoms with Crippen LogP contribution in [0.1, 0.15) is 64.7 Å². The molecule has 0 aromatic rings. The predicted octanol–water partition coefficient (Wildman–Crippen LogP) is 2.94. The summed E-state index contributed by atoms with van der Waals surface area (Å²) in [5, 5.41) is 3.68. The highest BCUT2D eigenvalue weighted by Crippen LogP contribution is 2.34. The van der Waals surface area contributed by atoms with Gasteiger partial charge < -0.3 is 10.1 Å². The van der Waals surface area contributed by atoms with Crippen LogP contribution in [0.4, 0.5) is 0 Å². The van der Waals surface area contributed by atoms with Crippen molar-refractivity contribution in [1.29, 1.82) is 0 Å². The standard InChI is InChI=1S/C17H32N2O/c1-2-18-14-12-15-6-5-7-16(13-14)19(15)10-11-20-17-8-3-4-9-17/h14-18H,2-13H2,1H3. The first kappa shape index (κ1) is 14.8. The Morgan fingerprint density at radius 3 is 2.35 bits per heavy atom. The van der Waals surface area contributed by atoms with Gasteiger partial charge in [0.1, 0.15) is 0 Å². The summed E-state index contributed by atoms with van der Waals surface area (Å²) in [6, 6.07) is 2.40. The fourth-order valence-corrected chi connectivity index (χ4v) is 4.68. The molecular weight excluding hydrogens is 248 g/mol. The van der Waals surface area contributed by atoms with Crippen molar-refractivity contribution in [3.05, 3.63) is 0 Å². The van der Waals surface area contributed by atoms with Gasteiger partial charge in [0.05, 0.1) is 12.7 Å². The number of piperidine rings is 2. The number of hydrogen-bond donors (Lipinski definition) is 1. The summed E-state index contributed by atoms with van der Waals surface area (Å²) in [5.74, 6) is 0. The average Bonchev–Trinajstić information content (AvgIpc) is 2.93. The van der Waals surface area contributed by atoms with Gasteiger partial charge in [0.15, 0.2) is 0 Å². The molecule has 2 saturated heterocycles. The number of nitrogens with one attached hydrogen (secondary N) is 1. The second kappa shape index (κ2) is 7.24. The molecule has 0 spiro atoms. The molecule has 2 aliphatic heterocycles. The minimum absolute atomic E-state index is 0.578. The van der Waals surface area contributed by atoms with E-state index in [2.05, 4.69) is 17.1 Å². The minimum Gasteiger partial charge on any atom is -0.377 e. The Kier molecular flexibility index (Phi) is 5.36. The van der Waals surface area contributed by atoms with Gasteiger partial charge in [0, 0.05) is 24.7 Å². The molecule has 0 aromatic carbocycles. The van der Waals surface area contributed by atoms with Gasteiger partial charge in [0.2, 0.25) is 0 Å². The summed E-state index contributed by atoms with van der Waals surface area (Å²) in [6.07, 6.45) is 12.9. The first-order chi connectivity index (χ1) is 9.86. The lowest BCUT2D eigenvalue weighted by atomic mass is 9.82. The molecule has 116 valence electrons. The average molecular weight is 280 g/mol. The monoisotopic (exact) mass is 280 g/mol. The van der Waals surface area contributed by atoms with Gasteiger partial charge in [-0.3, -0.25) is 4.90 Å². The fourth-order valence-electron chi connectivity index (χ4n) is 4.68. The van der Waals surface area contributed by atoms with Gasteiger partial charge in [-0.25, -0.2) is 0 Å². The summed E-state index contributed by atoms with van der Waals surface area (Å²) >= 11 is 0. The van der Waals surface area contributed by atoms with Crippen LogP contribution in [-0.4, -0.2) is 48.8 Å². The Balaban J connectivity index is 1.46. The Hall–Kier alpha value is -0.120. The molecule has 2 heterocycles. The van der Waals surface area contributed by atoms with E-state index in [1.807, 2.05) is 0 Å². The Labute approximate surface area is 124 Å². The van der Waals surface area contributed by atoms with Gasteiger partial charge in [0.25, 0.3) is 0 Å². The van der Waals surface area contributed by atoms with E-state index in [1.54, 1.807) is 0 Å². The molecule has 3 heteroatoms. The van der Waals surface area contributed by atoms with Gasteiger partial charge in [-0.2, -0.15) is 0 Å². The van der Waals surface area contributed by atoms with E-state index in [0.717, 1.165) is 31.3 Å². The van der Waals surface area contributed by atoms with Crippen LogP contribution in [0.25, 0.3) is 0 Å². The molecule has 3 nitrogen and oxygen atoms in total. The molecular formula is C17H32N2O. The number of fused-ring (bicyclic) bond motifs is 2. The van der Waals surface area contributed by atoms with Crippen LogP contribution in [0.15, 0.2) is 0 Å². The van der Waals surface area contributed by atoms with Crippen LogP contribution >= 0.6 is 0 Å². The zero-order valence-corrected chi connectivity index (χ0v) is 13.2. The van der Waals surface area contributed by atoms with Crippen LogP contribution in [-0.2, 0) is 4.74 Å². The maximum atomic E-state index is 6.09. The summed E-state index contributed by atoms with van der Waals surface area (Å²) in [7, 11) is 0. The number of hydrogen-bond acceptors (Lipinski definition) is 3. The Morgan fingerprint density at radius 2 is 1.70 bits per heavy atom. The van der Waals surface area contributed by atoms with E-state index in [4.69, 9.17) is 4.74 Å². The van der Waals surface area contributed by atoms with Crippen molar-refractivity contribution < 1.29 is 4.74 Å². The number of ether oxygens (including phenoxy) is 1. The van der Waals surface area contributed by atoms with E-state index < -0.39 is 0 Å². The van der Waals surface area contributed by atoms with Gasteiger partial charge in [-0.15, -0.1) is 0 Å². The molecule has 1 aliphatic carbocycles. The van der Waals surface area contributed by atoms with Crippen molar-refractivity contribution in [1.82, 2.24) is 10.2 Å². The van der Waals surface area contributed by atoms with Gasteiger partial charge in [-0.05, 0) is 45.1 Å². The quantitative estimate of drug-likeness (QED) is 0.809. The summed E-state index contributed by atoms with van der Waals surface area (Å²) in [5.41, 5.74) is 0. The topological polar surface area (TPSA) is 24.5 Å². The second-order valence-electron chi connectivity index (χ2n) is 6.98. The Bertz CT molecular complexity index is 277. The third-order valence-electron chi connectivity index (χ3n) is 5.62. The second-order valence-corrected chi connectivity index (χ2v) is 6.98. The zero-order chi connectivity index (χ0) is 13.8. The van der Waals surface area contributed by atoms with Crippen LogP contribution in [0.3, 0.4) is 0 Å². The third-order valence-corrected chi connectivity index (χ3v) is 5.62. The van der Waals surface area contributed by atoms with Crippen molar-refractivity contribution in [2.75, 3.05) is 19.7 Å². The molecule has 3 aliphatic rings. The van der Waals surface area contributed by atoms with Gasteiger partial charge in [-0.1, -0.05) is 26.2 Å². The van der Waals surface area contributed by atoms with Crippen LogP contribution < -0.4 is 5.32 Å². The highest BCUT2D eigenvalue weighted by atomic mass is 16.5. The van der Waals surface area contributed by atoms with Crippen molar-refractivity contribution in [3.63, 3.8) is 0 Å². The molecule has 2 bridgehead atoms. The first-order valence-corrected chi connectivity index (χ1v) is 8.97. The molecule has 3 fully saturated rings. The number of rotatable bonds is 6. The first-order valence-electron chi connectivity index (χ1n) is 8.97. The van der Waals surface area contributed by atoms with Crippen molar-refractivity contribution >= 4 is 0 Å². The summed E-state index contributed by atoms with van der Waals surface area (Å²) in [4.78, 5) is 2.78. The van der Waals surface area contributed by atoms with E-state index in [9.17, 15) is 0 Å². The molecule has 2 unspecified atom stereocenters. The van der Waals surface area contributed by atoms with E-state index in [-0.39, 0.29) is 0 Å². The maximum Gasteiger partial charge on any atom is 0.0597 e. The largest absolute Gasteiger partial charge is 0.377 e. The van der Waals surface area contributed by atoms with Gasteiger partial charge >= 0.3 is 0 Å². The van der Waals surface area contributed by atoms with Crippen molar-refractivity contribution in [3.8, 4) is 0 Å². The van der Waals surface area contributed by atoms with Crippen LogP contribution in [0.5, 0.6) is 0 Å². The lowest BCUT2D eigenvalue weighted by Crippen LogP contribution is -2.57. The molecule has 20 heavy (non-hydrogen) atoms. The van der Waals surface area contributed by atoms with E-state index in [0.29, 0.717) is 6.10 Å². The summed E-state index contributed by atoms with van der Waals surface area (Å²) in [6.45, 7) is 5.49. The lowest BCUT2D eigenvalue weighted by Gasteiger charge is -2.49. The van der Waals surface area contributed by atoms with Crippen LogP contribution in [0.2, 0.25) is 0 Å². The molecule has 0 amide bonds. The third kappa shape index (κ3) is 3.55.